The van der Waals surface area contributed by atoms with Gasteiger partial charge in [0.2, 0.25) is 0 Å². The van der Waals surface area contributed by atoms with Gasteiger partial charge in [0.1, 0.15) is 0 Å². The Morgan fingerprint density at radius 1 is 1.22 bits per heavy atom. The van der Waals surface area contributed by atoms with Gasteiger partial charge in [0.05, 0.1) is 5.71 Å². The van der Waals surface area contributed by atoms with Gasteiger partial charge >= 0.3 is 0 Å². The molecule has 1 heterocycles. The SMILES string of the molecule is CCCC(C)c1ccc(C2=NC(C3CC3)=C2)cc1. The molecule has 0 N–H and O–H groups in total. The van der Waals surface area contributed by atoms with Gasteiger partial charge in [0.25, 0.3) is 0 Å². The first kappa shape index (κ1) is 11.7. The summed E-state index contributed by atoms with van der Waals surface area (Å²) in [6.45, 7) is 4.56. The molecule has 1 aliphatic heterocycles. The molecule has 0 aromatic heterocycles. The first-order valence-electron chi connectivity index (χ1n) is 7.18. The van der Waals surface area contributed by atoms with E-state index in [1.54, 1.807) is 0 Å². The van der Waals surface area contributed by atoms with Crippen molar-refractivity contribution in [2.45, 2.75) is 45.4 Å². The second-order valence-electron chi connectivity index (χ2n) is 5.65. The van der Waals surface area contributed by atoms with E-state index in [-0.39, 0.29) is 0 Å². The minimum absolute atomic E-state index is 0.671. The average Bonchev–Trinajstić information content (AvgIpc) is 3.13. The van der Waals surface area contributed by atoms with Gasteiger partial charge in [-0.1, -0.05) is 44.5 Å². The number of aliphatic imine (C=N–C) groups is 1. The fourth-order valence-electron chi connectivity index (χ4n) is 2.60. The summed E-state index contributed by atoms with van der Waals surface area (Å²) in [7, 11) is 0. The highest BCUT2D eigenvalue weighted by Crippen LogP contribution is 2.40. The third-order valence-electron chi connectivity index (χ3n) is 4.03. The first-order valence-corrected chi connectivity index (χ1v) is 7.18. The van der Waals surface area contributed by atoms with Crippen LogP contribution in [0.5, 0.6) is 0 Å². The lowest BCUT2D eigenvalue weighted by Crippen LogP contribution is -2.08. The highest BCUT2D eigenvalue weighted by molar-refractivity contribution is 6.13. The normalized spacial score (nSPS) is 19.9. The quantitative estimate of drug-likeness (QED) is 0.707. The molecule has 3 rings (SSSR count). The zero-order chi connectivity index (χ0) is 12.5. The van der Waals surface area contributed by atoms with Crippen molar-refractivity contribution in [3.8, 4) is 0 Å². The maximum absolute atomic E-state index is 4.64. The van der Waals surface area contributed by atoms with Crippen LogP contribution in [0.1, 0.15) is 56.6 Å². The van der Waals surface area contributed by atoms with E-state index in [9.17, 15) is 0 Å². The maximum Gasteiger partial charge on any atom is 0.0723 e. The van der Waals surface area contributed by atoms with Gasteiger partial charge in [-0.05, 0) is 36.8 Å². The molecule has 1 atom stereocenters. The molecule has 1 saturated carbocycles. The predicted molar refractivity (Wildman–Crippen MR) is 77.1 cm³/mol. The highest BCUT2D eigenvalue weighted by Gasteiger charge is 2.29. The van der Waals surface area contributed by atoms with Crippen LogP contribution in [0.2, 0.25) is 0 Å². The van der Waals surface area contributed by atoms with E-state index >= 15 is 0 Å². The minimum Gasteiger partial charge on any atom is -0.252 e. The number of nitrogens with zero attached hydrogens (tertiary/aromatic N) is 1. The van der Waals surface area contributed by atoms with E-state index in [0.717, 1.165) is 5.92 Å². The Balaban J connectivity index is 1.66. The van der Waals surface area contributed by atoms with E-state index in [1.165, 1.54) is 48.2 Å². The van der Waals surface area contributed by atoms with E-state index in [2.05, 4.69) is 49.2 Å². The van der Waals surface area contributed by atoms with Gasteiger partial charge in [-0.2, -0.15) is 0 Å². The van der Waals surface area contributed by atoms with Crippen LogP contribution in [0, 0.1) is 5.92 Å². The number of benzene rings is 1. The molecule has 18 heavy (non-hydrogen) atoms. The molecule has 0 radical (unpaired) electrons. The lowest BCUT2D eigenvalue weighted by atomic mass is 9.94. The summed E-state index contributed by atoms with van der Waals surface area (Å²) in [5.74, 6) is 1.46. The van der Waals surface area contributed by atoms with Crippen LogP contribution in [-0.2, 0) is 0 Å². The molecule has 1 aromatic carbocycles. The number of hydrogen-bond donors (Lipinski definition) is 0. The van der Waals surface area contributed by atoms with Crippen molar-refractivity contribution >= 4 is 5.71 Å². The van der Waals surface area contributed by atoms with Crippen molar-refractivity contribution in [1.82, 2.24) is 0 Å². The van der Waals surface area contributed by atoms with Crippen molar-refractivity contribution in [1.29, 1.82) is 0 Å². The summed E-state index contributed by atoms with van der Waals surface area (Å²) >= 11 is 0. The molecule has 1 aliphatic carbocycles. The van der Waals surface area contributed by atoms with Crippen molar-refractivity contribution in [2.24, 2.45) is 10.9 Å². The van der Waals surface area contributed by atoms with Crippen molar-refractivity contribution in [3.63, 3.8) is 0 Å². The topological polar surface area (TPSA) is 12.4 Å². The average molecular weight is 239 g/mol. The molecule has 1 heteroatoms. The molecule has 1 nitrogen and oxygen atoms in total. The molecule has 0 amide bonds. The molecular weight excluding hydrogens is 218 g/mol. The number of allylic oxidation sites excluding steroid dienone is 2. The summed E-state index contributed by atoms with van der Waals surface area (Å²) in [6, 6.07) is 8.98. The van der Waals surface area contributed by atoms with Gasteiger partial charge in [-0.25, -0.2) is 0 Å². The van der Waals surface area contributed by atoms with Crippen LogP contribution in [0.15, 0.2) is 41.0 Å². The summed E-state index contributed by atoms with van der Waals surface area (Å²) in [6.07, 6.45) is 7.48. The monoisotopic (exact) mass is 239 g/mol. The third-order valence-corrected chi connectivity index (χ3v) is 4.03. The Kier molecular flexibility index (Phi) is 3.07. The standard InChI is InChI=1S/C17H21N/c1-3-4-12(2)13-5-7-14(8-6-13)16-11-17(18-16)15-9-10-15/h5-8,11-12,15H,3-4,9-10H2,1-2H3. The number of hydrogen-bond acceptors (Lipinski definition) is 1. The van der Waals surface area contributed by atoms with E-state index in [0.29, 0.717) is 5.92 Å². The summed E-state index contributed by atoms with van der Waals surface area (Å²) in [5, 5.41) is 0. The summed E-state index contributed by atoms with van der Waals surface area (Å²) in [4.78, 5) is 4.64. The molecule has 1 fully saturated rings. The lowest BCUT2D eigenvalue weighted by Gasteiger charge is -2.15. The second kappa shape index (κ2) is 4.72. The van der Waals surface area contributed by atoms with Gasteiger partial charge in [0, 0.05) is 17.2 Å². The summed E-state index contributed by atoms with van der Waals surface area (Å²) in [5.41, 5.74) is 5.22. The smallest absolute Gasteiger partial charge is 0.0723 e. The van der Waals surface area contributed by atoms with E-state index < -0.39 is 0 Å². The van der Waals surface area contributed by atoms with Crippen molar-refractivity contribution < 1.29 is 0 Å². The van der Waals surface area contributed by atoms with Gasteiger partial charge in [-0.3, -0.25) is 4.99 Å². The Hall–Kier alpha value is -1.37. The predicted octanol–water partition coefficient (Wildman–Crippen LogP) is 4.69. The fourth-order valence-corrected chi connectivity index (χ4v) is 2.60. The largest absolute Gasteiger partial charge is 0.252 e. The molecule has 1 aromatic rings. The maximum atomic E-state index is 4.64. The summed E-state index contributed by atoms with van der Waals surface area (Å²) < 4.78 is 0. The Bertz CT molecular complexity index is 489. The van der Waals surface area contributed by atoms with Crippen LogP contribution in [0.4, 0.5) is 0 Å². The third kappa shape index (κ3) is 2.27. The molecular formula is C17H21N. The zero-order valence-electron chi connectivity index (χ0n) is 11.3. The second-order valence-corrected chi connectivity index (χ2v) is 5.65. The highest BCUT2D eigenvalue weighted by atomic mass is 14.8. The zero-order valence-corrected chi connectivity index (χ0v) is 11.3. The van der Waals surface area contributed by atoms with Crippen LogP contribution in [-0.4, -0.2) is 5.71 Å². The molecule has 2 aliphatic rings. The van der Waals surface area contributed by atoms with Crippen molar-refractivity contribution in [3.05, 3.63) is 47.2 Å². The van der Waals surface area contributed by atoms with Gasteiger partial charge in [0.15, 0.2) is 0 Å². The van der Waals surface area contributed by atoms with Crippen LogP contribution >= 0.6 is 0 Å². The van der Waals surface area contributed by atoms with Crippen LogP contribution < -0.4 is 0 Å². The lowest BCUT2D eigenvalue weighted by molar-refractivity contribution is 0.665. The Morgan fingerprint density at radius 2 is 1.89 bits per heavy atom. The van der Waals surface area contributed by atoms with Crippen molar-refractivity contribution in [2.75, 3.05) is 0 Å². The molecule has 0 saturated heterocycles. The minimum atomic E-state index is 0.671. The molecule has 0 bridgehead atoms. The number of rotatable bonds is 5. The van der Waals surface area contributed by atoms with Crippen LogP contribution in [0.25, 0.3) is 0 Å². The van der Waals surface area contributed by atoms with Gasteiger partial charge < -0.3 is 0 Å². The molecule has 0 spiro atoms. The van der Waals surface area contributed by atoms with E-state index in [4.69, 9.17) is 0 Å². The Labute approximate surface area is 110 Å². The molecule has 94 valence electrons. The molecule has 1 unspecified atom stereocenters. The first-order chi connectivity index (χ1) is 8.78. The Morgan fingerprint density at radius 3 is 2.44 bits per heavy atom. The van der Waals surface area contributed by atoms with Crippen LogP contribution in [0.3, 0.4) is 0 Å². The van der Waals surface area contributed by atoms with E-state index in [1.807, 2.05) is 0 Å². The van der Waals surface area contributed by atoms with Gasteiger partial charge in [-0.15, -0.1) is 0 Å². The fraction of sp³-hybridized carbons (Fsp3) is 0.471.